The second kappa shape index (κ2) is 9.06. The molecule has 1 saturated heterocycles. The Morgan fingerprint density at radius 2 is 1.94 bits per heavy atom. The Morgan fingerprint density at radius 3 is 2.60 bits per heavy atom. The predicted octanol–water partition coefficient (Wildman–Crippen LogP) is 3.27. The second-order valence-electron chi connectivity index (χ2n) is 9.16. The summed E-state index contributed by atoms with van der Waals surface area (Å²) in [4.78, 5) is 17.0. The molecular formula is C23H27FN6O4S. The largest absolute Gasteiger partial charge is 0.474 e. The fraction of sp³-hybridized carbons (Fsp3) is 0.478. The molecule has 0 amide bonds. The molecule has 1 aromatic carbocycles. The van der Waals surface area contributed by atoms with E-state index in [0.717, 1.165) is 43.8 Å². The van der Waals surface area contributed by atoms with Crippen LogP contribution in [0.15, 0.2) is 33.9 Å². The minimum Gasteiger partial charge on any atom is -0.474 e. The first-order valence-corrected chi connectivity index (χ1v) is 13.5. The molecule has 2 aliphatic heterocycles. The lowest BCUT2D eigenvalue weighted by atomic mass is 10.1. The number of hydrogen-bond donors (Lipinski definition) is 0. The lowest BCUT2D eigenvalue weighted by molar-refractivity contribution is 0.161. The predicted molar refractivity (Wildman–Crippen MR) is 127 cm³/mol. The third-order valence-corrected chi connectivity index (χ3v) is 7.40. The van der Waals surface area contributed by atoms with Crippen molar-refractivity contribution in [1.82, 2.24) is 20.1 Å². The number of rotatable bonds is 6. The van der Waals surface area contributed by atoms with Gasteiger partial charge in [0.2, 0.25) is 11.8 Å². The number of sulfone groups is 1. The molecule has 0 radical (unpaired) electrons. The number of hydrogen-bond acceptors (Lipinski definition) is 10. The van der Waals surface area contributed by atoms with E-state index in [2.05, 4.69) is 25.0 Å². The van der Waals surface area contributed by atoms with Crippen LogP contribution in [0.5, 0.6) is 5.88 Å². The molecule has 4 heterocycles. The monoisotopic (exact) mass is 502 g/mol. The van der Waals surface area contributed by atoms with Gasteiger partial charge in [-0.25, -0.2) is 22.8 Å². The molecule has 10 nitrogen and oxygen atoms in total. The maximum atomic E-state index is 14.8. The molecule has 0 saturated carbocycles. The standard InChI is InChI=1S/C23H27FN6O4S/c1-14(2)21-27-23(28-34-21)29-9-6-15(7-10-29)33-22-17-8-11-30(20(17)25-13-26-22)19-5-4-16(12-18(19)24)35(3,31)32/h4-5,12-15H,6-11H2,1-3H3. The third kappa shape index (κ3) is 4.66. The van der Waals surface area contributed by atoms with Crippen molar-refractivity contribution < 1.29 is 22.1 Å². The average molecular weight is 503 g/mol. The summed E-state index contributed by atoms with van der Waals surface area (Å²) < 4.78 is 49.9. The number of nitrogens with zero attached hydrogens (tertiary/aromatic N) is 6. The molecule has 2 aromatic heterocycles. The maximum Gasteiger partial charge on any atom is 0.266 e. The van der Waals surface area contributed by atoms with Crippen molar-refractivity contribution in [3.63, 3.8) is 0 Å². The minimum absolute atomic E-state index is 0.0263. The van der Waals surface area contributed by atoms with Crippen molar-refractivity contribution in [2.75, 3.05) is 35.7 Å². The molecule has 3 aromatic rings. The van der Waals surface area contributed by atoms with Gasteiger partial charge in [0.1, 0.15) is 24.1 Å². The maximum absolute atomic E-state index is 14.8. The Kier molecular flexibility index (Phi) is 6.07. The van der Waals surface area contributed by atoms with E-state index in [1.54, 1.807) is 4.90 Å². The number of fused-ring (bicyclic) bond motifs is 1. The van der Waals surface area contributed by atoms with Gasteiger partial charge in [-0.1, -0.05) is 13.8 Å². The van der Waals surface area contributed by atoms with Crippen LogP contribution in [0.1, 0.15) is 44.1 Å². The summed E-state index contributed by atoms with van der Waals surface area (Å²) in [5, 5.41) is 4.09. The summed E-state index contributed by atoms with van der Waals surface area (Å²) in [6.07, 6.45) is 4.58. The topological polar surface area (TPSA) is 115 Å². The summed E-state index contributed by atoms with van der Waals surface area (Å²) in [5.74, 6) is 1.88. The first kappa shape index (κ1) is 23.5. The van der Waals surface area contributed by atoms with Gasteiger partial charge in [0.05, 0.1) is 16.1 Å². The molecule has 35 heavy (non-hydrogen) atoms. The van der Waals surface area contributed by atoms with E-state index in [4.69, 9.17) is 9.26 Å². The van der Waals surface area contributed by atoms with Crippen LogP contribution in [0.4, 0.5) is 21.8 Å². The second-order valence-corrected chi connectivity index (χ2v) is 11.2. The van der Waals surface area contributed by atoms with E-state index in [1.807, 2.05) is 13.8 Å². The van der Waals surface area contributed by atoms with Gasteiger partial charge in [0.25, 0.3) is 5.95 Å². The summed E-state index contributed by atoms with van der Waals surface area (Å²) >= 11 is 0. The van der Waals surface area contributed by atoms with Gasteiger partial charge in [-0.3, -0.25) is 0 Å². The fourth-order valence-corrected chi connectivity index (χ4v) is 5.00. The molecule has 0 aliphatic carbocycles. The van der Waals surface area contributed by atoms with Crippen LogP contribution >= 0.6 is 0 Å². The number of benzene rings is 1. The number of piperidine rings is 1. The molecule has 1 fully saturated rings. The molecule has 0 bridgehead atoms. The van der Waals surface area contributed by atoms with Gasteiger partial charge in [-0.15, -0.1) is 0 Å². The van der Waals surface area contributed by atoms with Crippen LogP contribution in [0.3, 0.4) is 0 Å². The first-order valence-electron chi connectivity index (χ1n) is 11.6. The van der Waals surface area contributed by atoms with E-state index in [0.29, 0.717) is 36.5 Å². The van der Waals surface area contributed by atoms with Gasteiger partial charge in [0.15, 0.2) is 9.84 Å². The summed E-state index contributed by atoms with van der Waals surface area (Å²) in [5.41, 5.74) is 1.09. The molecule has 0 N–H and O–H groups in total. The van der Waals surface area contributed by atoms with E-state index in [-0.39, 0.29) is 22.6 Å². The van der Waals surface area contributed by atoms with Crippen molar-refractivity contribution >= 4 is 27.3 Å². The third-order valence-electron chi connectivity index (χ3n) is 6.29. The van der Waals surface area contributed by atoms with Gasteiger partial charge in [0, 0.05) is 44.6 Å². The van der Waals surface area contributed by atoms with E-state index in [9.17, 15) is 12.8 Å². The van der Waals surface area contributed by atoms with E-state index >= 15 is 0 Å². The van der Waals surface area contributed by atoms with Crippen LogP contribution in [-0.2, 0) is 16.3 Å². The van der Waals surface area contributed by atoms with Crippen molar-refractivity contribution in [3.8, 4) is 5.88 Å². The highest BCUT2D eigenvalue weighted by Crippen LogP contribution is 2.38. The Morgan fingerprint density at radius 1 is 1.17 bits per heavy atom. The first-order chi connectivity index (χ1) is 16.7. The Bertz CT molecular complexity index is 1340. The van der Waals surface area contributed by atoms with Crippen LogP contribution in [0.25, 0.3) is 0 Å². The van der Waals surface area contributed by atoms with Gasteiger partial charge in [-0.05, 0) is 29.8 Å². The highest BCUT2D eigenvalue weighted by Gasteiger charge is 2.31. The summed E-state index contributed by atoms with van der Waals surface area (Å²) in [7, 11) is -3.49. The van der Waals surface area contributed by atoms with Crippen molar-refractivity contribution in [3.05, 3.63) is 41.8 Å². The molecule has 0 unspecified atom stereocenters. The summed E-state index contributed by atoms with van der Waals surface area (Å²) in [6.45, 7) is 5.99. The minimum atomic E-state index is -3.49. The van der Waals surface area contributed by atoms with Gasteiger partial charge in [-0.2, -0.15) is 4.98 Å². The van der Waals surface area contributed by atoms with Crippen molar-refractivity contribution in [2.45, 2.75) is 50.0 Å². The molecule has 5 rings (SSSR count). The molecule has 2 aliphatic rings. The summed E-state index contributed by atoms with van der Waals surface area (Å²) in [6, 6.07) is 3.93. The average Bonchev–Trinajstić information content (AvgIpc) is 3.47. The van der Waals surface area contributed by atoms with Crippen molar-refractivity contribution in [1.29, 1.82) is 0 Å². The van der Waals surface area contributed by atoms with E-state index < -0.39 is 15.7 Å². The Hall–Kier alpha value is -3.28. The Balaban J connectivity index is 1.28. The lowest BCUT2D eigenvalue weighted by Crippen LogP contribution is -2.39. The number of anilines is 3. The molecule has 186 valence electrons. The van der Waals surface area contributed by atoms with Gasteiger partial charge >= 0.3 is 0 Å². The normalized spacial score (nSPS) is 16.7. The van der Waals surface area contributed by atoms with Crippen LogP contribution < -0.4 is 14.5 Å². The number of halogens is 1. The zero-order valence-electron chi connectivity index (χ0n) is 19.8. The quantitative estimate of drug-likeness (QED) is 0.497. The number of aromatic nitrogens is 4. The van der Waals surface area contributed by atoms with Crippen LogP contribution in [0, 0.1) is 5.82 Å². The smallest absolute Gasteiger partial charge is 0.266 e. The fourth-order valence-electron chi connectivity index (χ4n) is 4.36. The van der Waals surface area contributed by atoms with Crippen LogP contribution in [0.2, 0.25) is 0 Å². The molecule has 0 spiro atoms. The highest BCUT2D eigenvalue weighted by molar-refractivity contribution is 7.90. The molecule has 0 atom stereocenters. The zero-order chi connectivity index (χ0) is 24.7. The molecular weight excluding hydrogens is 475 g/mol. The molecule has 12 heteroatoms. The zero-order valence-corrected chi connectivity index (χ0v) is 20.6. The SMILES string of the molecule is CC(C)c1nc(N2CCC(Oc3ncnc4c3CCN4c3ccc(S(C)(=O)=O)cc3F)CC2)no1. The highest BCUT2D eigenvalue weighted by atomic mass is 32.2. The van der Waals surface area contributed by atoms with Crippen molar-refractivity contribution in [2.24, 2.45) is 0 Å². The van der Waals surface area contributed by atoms with E-state index in [1.165, 1.54) is 18.5 Å². The van der Waals surface area contributed by atoms with Crippen LogP contribution in [-0.4, -0.2) is 60.5 Å². The number of ether oxygens (including phenoxy) is 1. The Labute approximate surface area is 203 Å². The lowest BCUT2D eigenvalue weighted by Gasteiger charge is -2.31. The van der Waals surface area contributed by atoms with Gasteiger partial charge < -0.3 is 19.1 Å².